The summed E-state index contributed by atoms with van der Waals surface area (Å²) in [7, 11) is 0. The Bertz CT molecular complexity index is 356. The zero-order valence-electron chi connectivity index (χ0n) is 7.31. The fourth-order valence-electron chi connectivity index (χ4n) is 1.06. The normalized spacial score (nSPS) is 12.5. The highest BCUT2D eigenvalue weighted by molar-refractivity contribution is 6.31. The van der Waals surface area contributed by atoms with E-state index in [1.807, 2.05) is 0 Å². The zero-order chi connectivity index (χ0) is 10.7. The fraction of sp³-hybridized carbons (Fsp3) is 0.250. The zero-order valence-corrected chi connectivity index (χ0v) is 8.07. The Morgan fingerprint density at radius 1 is 1.57 bits per heavy atom. The van der Waals surface area contributed by atoms with E-state index in [1.165, 1.54) is 18.2 Å². The largest absolute Gasteiger partial charge is 0.329 e. The molecule has 0 saturated heterocycles. The standard InChI is InChI=1S/C8H10ClN3O2/c9-7-2-1-5(12(13)14)3-6(7)8(11)4-10/h1-3,8H,4,10-11H2/t8-/m1/s1. The van der Waals surface area contributed by atoms with Crippen LogP contribution in [0, 0.1) is 10.1 Å². The lowest BCUT2D eigenvalue weighted by Crippen LogP contribution is -2.21. The van der Waals surface area contributed by atoms with E-state index >= 15 is 0 Å². The molecule has 0 aliphatic rings. The number of nitrogens with zero attached hydrogens (tertiary/aromatic N) is 1. The van der Waals surface area contributed by atoms with Crippen LogP contribution in [0.25, 0.3) is 0 Å². The van der Waals surface area contributed by atoms with E-state index in [2.05, 4.69) is 0 Å². The Morgan fingerprint density at radius 2 is 2.21 bits per heavy atom. The van der Waals surface area contributed by atoms with Crippen molar-refractivity contribution < 1.29 is 4.92 Å². The third kappa shape index (κ3) is 2.20. The predicted octanol–water partition coefficient (Wildman–Crippen LogP) is 1.21. The summed E-state index contributed by atoms with van der Waals surface area (Å²) < 4.78 is 0. The lowest BCUT2D eigenvalue weighted by molar-refractivity contribution is -0.384. The molecule has 1 aromatic rings. The third-order valence-electron chi connectivity index (χ3n) is 1.84. The molecule has 1 aromatic carbocycles. The lowest BCUT2D eigenvalue weighted by Gasteiger charge is -2.10. The number of hydrogen-bond acceptors (Lipinski definition) is 4. The highest BCUT2D eigenvalue weighted by Gasteiger charge is 2.13. The van der Waals surface area contributed by atoms with Crippen LogP contribution in [0.1, 0.15) is 11.6 Å². The Labute approximate surface area is 85.8 Å². The van der Waals surface area contributed by atoms with Crippen LogP contribution in [0.4, 0.5) is 5.69 Å². The van der Waals surface area contributed by atoms with Crippen LogP contribution in [0.15, 0.2) is 18.2 Å². The van der Waals surface area contributed by atoms with Crippen molar-refractivity contribution in [1.82, 2.24) is 0 Å². The summed E-state index contributed by atoms with van der Waals surface area (Å²) in [5.41, 5.74) is 11.4. The molecular weight excluding hydrogens is 206 g/mol. The van der Waals surface area contributed by atoms with Crippen molar-refractivity contribution in [2.24, 2.45) is 11.5 Å². The second-order valence-electron chi connectivity index (χ2n) is 2.81. The summed E-state index contributed by atoms with van der Waals surface area (Å²) in [5, 5.41) is 10.9. The van der Waals surface area contributed by atoms with Gasteiger partial charge < -0.3 is 11.5 Å². The van der Waals surface area contributed by atoms with Crippen molar-refractivity contribution in [2.75, 3.05) is 6.54 Å². The van der Waals surface area contributed by atoms with Gasteiger partial charge in [0.2, 0.25) is 0 Å². The molecule has 14 heavy (non-hydrogen) atoms. The third-order valence-corrected chi connectivity index (χ3v) is 2.19. The van der Waals surface area contributed by atoms with Crippen LogP contribution in [0.2, 0.25) is 5.02 Å². The van der Waals surface area contributed by atoms with Gasteiger partial charge in [-0.2, -0.15) is 0 Å². The minimum atomic E-state index is -0.497. The Balaban J connectivity index is 3.14. The first-order chi connectivity index (χ1) is 6.56. The first kappa shape index (κ1) is 10.9. The second-order valence-corrected chi connectivity index (χ2v) is 3.21. The molecule has 76 valence electrons. The highest BCUT2D eigenvalue weighted by Crippen LogP contribution is 2.25. The van der Waals surface area contributed by atoms with E-state index in [0.717, 1.165) is 0 Å². The molecule has 0 saturated carbocycles. The second kappa shape index (κ2) is 4.36. The van der Waals surface area contributed by atoms with Crippen molar-refractivity contribution in [3.8, 4) is 0 Å². The van der Waals surface area contributed by atoms with Crippen molar-refractivity contribution in [3.63, 3.8) is 0 Å². The highest BCUT2D eigenvalue weighted by atomic mass is 35.5. The number of halogens is 1. The van der Waals surface area contributed by atoms with E-state index in [4.69, 9.17) is 23.1 Å². The van der Waals surface area contributed by atoms with E-state index < -0.39 is 11.0 Å². The number of non-ortho nitro benzene ring substituents is 1. The summed E-state index contributed by atoms with van der Waals surface area (Å²) in [5.74, 6) is 0. The molecule has 1 atom stereocenters. The SMILES string of the molecule is NC[C@@H](N)c1cc([N+](=O)[O-])ccc1Cl. The van der Waals surface area contributed by atoms with Crippen LogP contribution in [0.3, 0.4) is 0 Å². The average Bonchev–Trinajstić information content (AvgIpc) is 2.17. The van der Waals surface area contributed by atoms with Gasteiger partial charge in [-0.25, -0.2) is 0 Å². The first-order valence-corrected chi connectivity index (χ1v) is 4.33. The molecule has 0 heterocycles. The molecular formula is C8H10ClN3O2. The minimum absolute atomic E-state index is 0.0340. The maximum atomic E-state index is 10.5. The smallest absolute Gasteiger partial charge is 0.269 e. The number of rotatable bonds is 3. The Hall–Kier alpha value is -1.17. The van der Waals surface area contributed by atoms with Crippen LogP contribution in [0.5, 0.6) is 0 Å². The molecule has 0 fully saturated rings. The molecule has 0 aliphatic heterocycles. The topological polar surface area (TPSA) is 95.2 Å². The van der Waals surface area contributed by atoms with Crippen molar-refractivity contribution in [3.05, 3.63) is 38.9 Å². The first-order valence-electron chi connectivity index (χ1n) is 3.95. The quantitative estimate of drug-likeness (QED) is 0.585. The molecule has 0 bridgehead atoms. The van der Waals surface area contributed by atoms with E-state index in [9.17, 15) is 10.1 Å². The number of nitro groups is 1. The minimum Gasteiger partial charge on any atom is -0.329 e. The maximum Gasteiger partial charge on any atom is 0.269 e. The van der Waals surface area contributed by atoms with Gasteiger partial charge in [0.15, 0.2) is 0 Å². The van der Waals surface area contributed by atoms with Crippen LogP contribution >= 0.6 is 11.6 Å². The molecule has 1 rings (SSSR count). The van der Waals surface area contributed by atoms with Crippen LogP contribution < -0.4 is 11.5 Å². The van der Waals surface area contributed by atoms with Gasteiger partial charge in [-0.1, -0.05) is 11.6 Å². The maximum absolute atomic E-state index is 10.5. The summed E-state index contributed by atoms with van der Waals surface area (Å²) in [6.07, 6.45) is 0. The van der Waals surface area contributed by atoms with Gasteiger partial charge in [-0.15, -0.1) is 0 Å². The Morgan fingerprint density at radius 3 is 2.71 bits per heavy atom. The molecule has 0 aliphatic carbocycles. The fourth-order valence-corrected chi connectivity index (χ4v) is 1.31. The predicted molar refractivity (Wildman–Crippen MR) is 54.1 cm³/mol. The van der Waals surface area contributed by atoms with E-state index in [1.54, 1.807) is 0 Å². The monoisotopic (exact) mass is 215 g/mol. The van der Waals surface area contributed by atoms with Gasteiger partial charge in [0, 0.05) is 29.7 Å². The number of nitro benzene ring substituents is 1. The molecule has 5 nitrogen and oxygen atoms in total. The van der Waals surface area contributed by atoms with Crippen molar-refractivity contribution >= 4 is 17.3 Å². The van der Waals surface area contributed by atoms with E-state index in [0.29, 0.717) is 10.6 Å². The molecule has 6 heteroatoms. The van der Waals surface area contributed by atoms with Crippen LogP contribution in [-0.4, -0.2) is 11.5 Å². The summed E-state index contributed by atoms with van der Waals surface area (Å²) in [4.78, 5) is 9.97. The summed E-state index contributed by atoms with van der Waals surface area (Å²) in [6, 6.07) is 3.65. The van der Waals surface area contributed by atoms with Gasteiger partial charge >= 0.3 is 0 Å². The van der Waals surface area contributed by atoms with E-state index in [-0.39, 0.29) is 12.2 Å². The molecule has 0 amide bonds. The van der Waals surface area contributed by atoms with Gasteiger partial charge in [0.25, 0.3) is 5.69 Å². The number of benzene rings is 1. The molecule has 0 radical (unpaired) electrons. The molecule has 0 unspecified atom stereocenters. The lowest BCUT2D eigenvalue weighted by atomic mass is 10.1. The van der Waals surface area contributed by atoms with Crippen molar-refractivity contribution in [1.29, 1.82) is 0 Å². The molecule has 4 N–H and O–H groups in total. The van der Waals surface area contributed by atoms with Gasteiger partial charge in [-0.05, 0) is 11.6 Å². The average molecular weight is 216 g/mol. The summed E-state index contributed by atoms with van der Waals surface area (Å²) in [6.45, 7) is 0.195. The number of hydrogen-bond donors (Lipinski definition) is 2. The van der Waals surface area contributed by atoms with Crippen LogP contribution in [-0.2, 0) is 0 Å². The molecule has 0 spiro atoms. The van der Waals surface area contributed by atoms with Gasteiger partial charge in [-0.3, -0.25) is 10.1 Å². The Kier molecular flexibility index (Phi) is 3.40. The molecule has 0 aromatic heterocycles. The number of nitrogens with two attached hydrogens (primary N) is 2. The van der Waals surface area contributed by atoms with Gasteiger partial charge in [0.1, 0.15) is 0 Å². The van der Waals surface area contributed by atoms with Gasteiger partial charge in [0.05, 0.1) is 4.92 Å². The summed E-state index contributed by atoms with van der Waals surface area (Å²) >= 11 is 5.82. The van der Waals surface area contributed by atoms with Crippen molar-refractivity contribution in [2.45, 2.75) is 6.04 Å².